The number of rotatable bonds is 5. The normalized spacial score (nSPS) is 18.4. The van der Waals surface area contributed by atoms with Gasteiger partial charge in [-0.1, -0.05) is 51.5 Å². The molecule has 0 radical (unpaired) electrons. The van der Waals surface area contributed by atoms with Crippen molar-refractivity contribution in [3.05, 3.63) is 47.6 Å². The molecule has 0 spiro atoms. The van der Waals surface area contributed by atoms with Gasteiger partial charge in [-0.3, -0.25) is 0 Å². The van der Waals surface area contributed by atoms with E-state index in [1.54, 1.807) is 0 Å². The second-order valence-corrected chi connectivity index (χ2v) is 7.34. The van der Waals surface area contributed by atoms with Crippen LogP contribution in [-0.2, 0) is 0 Å². The zero-order chi connectivity index (χ0) is 16.2. The predicted molar refractivity (Wildman–Crippen MR) is 92.8 cm³/mol. The van der Waals surface area contributed by atoms with Crippen LogP contribution in [0.15, 0.2) is 42.0 Å². The van der Waals surface area contributed by atoms with Gasteiger partial charge in [-0.05, 0) is 30.9 Å². The van der Waals surface area contributed by atoms with Crippen molar-refractivity contribution in [1.82, 2.24) is 0 Å². The van der Waals surface area contributed by atoms with E-state index in [-0.39, 0.29) is 0 Å². The monoisotopic (exact) mass is 300 g/mol. The summed E-state index contributed by atoms with van der Waals surface area (Å²) in [6, 6.07) is 6.14. The molecule has 1 aromatic carbocycles. The molecule has 1 aliphatic rings. The third-order valence-corrected chi connectivity index (χ3v) is 3.77. The van der Waals surface area contributed by atoms with Crippen LogP contribution in [0, 0.1) is 5.41 Å². The van der Waals surface area contributed by atoms with Crippen LogP contribution in [0.4, 0.5) is 0 Å². The minimum Gasteiger partial charge on any atom is -0.493 e. The molecule has 0 aliphatic carbocycles. The van der Waals surface area contributed by atoms with Crippen molar-refractivity contribution in [2.24, 2.45) is 5.41 Å². The quantitative estimate of drug-likeness (QED) is 0.668. The Balaban J connectivity index is 1.84. The molecule has 0 fully saturated rings. The van der Waals surface area contributed by atoms with Crippen LogP contribution >= 0.6 is 0 Å². The summed E-state index contributed by atoms with van der Waals surface area (Å²) < 4.78 is 11.5. The maximum absolute atomic E-state index is 5.79. The van der Waals surface area contributed by atoms with Gasteiger partial charge in [-0.15, -0.1) is 0 Å². The Labute approximate surface area is 134 Å². The molecular formula is C20H28O2. The van der Waals surface area contributed by atoms with Gasteiger partial charge in [0.1, 0.15) is 18.1 Å². The molecule has 1 aromatic rings. The number of benzene rings is 1. The summed E-state index contributed by atoms with van der Waals surface area (Å²) in [4.78, 5) is 0. The lowest BCUT2D eigenvalue weighted by Gasteiger charge is -2.14. The molecule has 0 amide bonds. The second-order valence-electron chi connectivity index (χ2n) is 7.34. The van der Waals surface area contributed by atoms with Crippen LogP contribution in [0.5, 0.6) is 11.5 Å². The molecule has 120 valence electrons. The maximum atomic E-state index is 5.79. The molecule has 2 rings (SSSR count). The van der Waals surface area contributed by atoms with Gasteiger partial charge < -0.3 is 9.47 Å². The van der Waals surface area contributed by atoms with Gasteiger partial charge in [-0.2, -0.15) is 0 Å². The van der Waals surface area contributed by atoms with Crippen molar-refractivity contribution in [2.45, 2.75) is 47.0 Å². The lowest BCUT2D eigenvalue weighted by molar-refractivity contribution is 0.331. The Morgan fingerprint density at radius 1 is 1.36 bits per heavy atom. The van der Waals surface area contributed by atoms with Crippen LogP contribution in [0.3, 0.4) is 0 Å². The molecule has 1 aliphatic heterocycles. The van der Waals surface area contributed by atoms with Gasteiger partial charge >= 0.3 is 0 Å². The summed E-state index contributed by atoms with van der Waals surface area (Å²) in [5, 5.41) is 0. The molecule has 2 nitrogen and oxygen atoms in total. The van der Waals surface area contributed by atoms with Gasteiger partial charge in [-0.25, -0.2) is 0 Å². The Morgan fingerprint density at radius 2 is 2.14 bits per heavy atom. The first kappa shape index (κ1) is 16.7. The van der Waals surface area contributed by atoms with Crippen molar-refractivity contribution in [3.8, 4) is 11.5 Å². The summed E-state index contributed by atoms with van der Waals surface area (Å²) >= 11 is 0. The summed E-state index contributed by atoms with van der Waals surface area (Å²) in [7, 11) is 0. The van der Waals surface area contributed by atoms with Crippen molar-refractivity contribution >= 4 is 0 Å². The number of hydrogen-bond acceptors (Lipinski definition) is 2. The fraction of sp³-hybridized carbons (Fsp3) is 0.500. The van der Waals surface area contributed by atoms with Crippen molar-refractivity contribution in [2.75, 3.05) is 13.2 Å². The molecule has 1 atom stereocenters. The van der Waals surface area contributed by atoms with Crippen molar-refractivity contribution in [1.29, 1.82) is 0 Å². The summed E-state index contributed by atoms with van der Waals surface area (Å²) in [6.07, 6.45) is 7.59. The fourth-order valence-corrected chi connectivity index (χ4v) is 2.38. The highest BCUT2D eigenvalue weighted by atomic mass is 16.5. The van der Waals surface area contributed by atoms with E-state index in [1.165, 1.54) is 11.1 Å². The second kappa shape index (κ2) is 7.04. The molecule has 1 heterocycles. The van der Waals surface area contributed by atoms with Crippen LogP contribution in [-0.4, -0.2) is 13.2 Å². The van der Waals surface area contributed by atoms with E-state index in [9.17, 15) is 0 Å². The average Bonchev–Trinajstić information content (AvgIpc) is 2.78. The highest BCUT2D eigenvalue weighted by Gasteiger charge is 2.20. The third-order valence-electron chi connectivity index (χ3n) is 3.77. The van der Waals surface area contributed by atoms with Crippen LogP contribution < -0.4 is 9.47 Å². The molecule has 0 saturated carbocycles. The van der Waals surface area contributed by atoms with Crippen LogP contribution in [0.1, 0.15) is 52.5 Å². The fourth-order valence-electron chi connectivity index (χ4n) is 2.38. The molecule has 0 aromatic heterocycles. The van der Waals surface area contributed by atoms with E-state index in [2.05, 4.69) is 58.9 Å². The van der Waals surface area contributed by atoms with Gasteiger partial charge in [0.25, 0.3) is 0 Å². The standard InChI is InChI=1S/C20H28O2/c1-15(7-6-11-20(3,4)5)10-12-21-17-8-9-18-16(2)14-22-19(18)13-17/h6-10,13,16H,11-12,14H2,1-5H3. The Kier molecular flexibility index (Phi) is 5.33. The van der Waals surface area contributed by atoms with E-state index < -0.39 is 0 Å². The van der Waals surface area contributed by atoms with Gasteiger partial charge in [0, 0.05) is 17.5 Å². The minimum atomic E-state index is 0.342. The summed E-state index contributed by atoms with van der Waals surface area (Å²) in [5.41, 5.74) is 2.86. The molecule has 0 saturated heterocycles. The number of ether oxygens (including phenoxy) is 2. The zero-order valence-electron chi connectivity index (χ0n) is 14.5. The van der Waals surface area contributed by atoms with Crippen LogP contribution in [0.2, 0.25) is 0 Å². The number of allylic oxidation sites excluding steroid dienone is 3. The first-order chi connectivity index (χ1) is 10.3. The maximum Gasteiger partial charge on any atom is 0.126 e. The van der Waals surface area contributed by atoms with E-state index >= 15 is 0 Å². The van der Waals surface area contributed by atoms with E-state index in [0.717, 1.165) is 24.5 Å². The topological polar surface area (TPSA) is 18.5 Å². The summed E-state index contributed by atoms with van der Waals surface area (Å²) in [6.45, 7) is 12.4. The Hall–Kier alpha value is -1.70. The summed E-state index contributed by atoms with van der Waals surface area (Å²) in [5.74, 6) is 2.32. The SMILES string of the molecule is CC(C=CCC(C)(C)C)=CCOc1ccc2c(c1)OCC2C. The van der Waals surface area contributed by atoms with Crippen molar-refractivity contribution in [3.63, 3.8) is 0 Å². The smallest absolute Gasteiger partial charge is 0.126 e. The van der Waals surface area contributed by atoms with Crippen molar-refractivity contribution < 1.29 is 9.47 Å². The molecule has 22 heavy (non-hydrogen) atoms. The highest BCUT2D eigenvalue weighted by molar-refractivity contribution is 5.45. The van der Waals surface area contributed by atoms with Gasteiger partial charge in [0.05, 0.1) is 6.61 Å². The molecular weight excluding hydrogens is 272 g/mol. The zero-order valence-corrected chi connectivity index (χ0v) is 14.5. The first-order valence-electron chi connectivity index (χ1n) is 8.08. The van der Waals surface area contributed by atoms with Gasteiger partial charge in [0.2, 0.25) is 0 Å². The first-order valence-corrected chi connectivity index (χ1v) is 8.08. The molecule has 0 bridgehead atoms. The van der Waals surface area contributed by atoms with Crippen LogP contribution in [0.25, 0.3) is 0 Å². The lowest BCUT2D eigenvalue weighted by Crippen LogP contribution is -2.01. The third kappa shape index (κ3) is 4.94. The Morgan fingerprint density at radius 3 is 2.86 bits per heavy atom. The molecule has 1 unspecified atom stereocenters. The molecule has 0 N–H and O–H groups in total. The number of fused-ring (bicyclic) bond motifs is 1. The predicted octanol–water partition coefficient (Wildman–Crippen LogP) is 5.50. The lowest BCUT2D eigenvalue weighted by atomic mass is 9.92. The largest absolute Gasteiger partial charge is 0.493 e. The highest BCUT2D eigenvalue weighted by Crippen LogP contribution is 2.36. The minimum absolute atomic E-state index is 0.342. The average molecular weight is 300 g/mol. The number of hydrogen-bond donors (Lipinski definition) is 0. The molecule has 2 heteroatoms. The van der Waals surface area contributed by atoms with E-state index in [1.807, 2.05) is 12.1 Å². The van der Waals surface area contributed by atoms with E-state index in [0.29, 0.717) is 17.9 Å². The van der Waals surface area contributed by atoms with Gasteiger partial charge in [0.15, 0.2) is 0 Å². The van der Waals surface area contributed by atoms with E-state index in [4.69, 9.17) is 9.47 Å². The Bertz CT molecular complexity index is 562.